The van der Waals surface area contributed by atoms with E-state index < -0.39 is 0 Å². The van der Waals surface area contributed by atoms with Gasteiger partial charge in [0.2, 0.25) is 5.91 Å². The number of benzene rings is 1. The molecule has 37 heavy (non-hydrogen) atoms. The van der Waals surface area contributed by atoms with E-state index in [0.717, 1.165) is 39.6 Å². The second-order valence-electron chi connectivity index (χ2n) is 9.36. The van der Waals surface area contributed by atoms with Crippen molar-refractivity contribution in [2.24, 2.45) is 0 Å². The first-order valence-electron chi connectivity index (χ1n) is 12.4. The van der Waals surface area contributed by atoms with Crippen molar-refractivity contribution in [2.45, 2.75) is 39.3 Å². The van der Waals surface area contributed by atoms with Crippen molar-refractivity contribution in [3.05, 3.63) is 107 Å². The number of carbonyl (C=O) groups excluding carboxylic acids is 1. The third-order valence-corrected chi connectivity index (χ3v) is 7.12. The van der Waals surface area contributed by atoms with Gasteiger partial charge >= 0.3 is 0 Å². The summed E-state index contributed by atoms with van der Waals surface area (Å²) in [5.41, 5.74) is 7.18. The van der Waals surface area contributed by atoms with E-state index in [1.807, 2.05) is 61.7 Å². The molecule has 5 rings (SSSR count). The van der Waals surface area contributed by atoms with Crippen molar-refractivity contribution in [1.82, 2.24) is 24.8 Å². The van der Waals surface area contributed by atoms with Gasteiger partial charge in [0.05, 0.1) is 29.7 Å². The highest BCUT2D eigenvalue weighted by atomic mass is 32.1. The molecule has 0 bridgehead atoms. The number of nitrogens with one attached hydrogen (secondary N) is 2. The number of aromatic nitrogens is 3. The molecular formula is C29H30N6OS. The molecule has 2 atom stereocenters. The summed E-state index contributed by atoms with van der Waals surface area (Å²) in [6, 6.07) is 19.7. The van der Waals surface area contributed by atoms with Gasteiger partial charge in [-0.1, -0.05) is 18.2 Å². The normalized spacial score (nSPS) is 17.1. The number of anilines is 1. The Kier molecular flexibility index (Phi) is 7.01. The minimum absolute atomic E-state index is 0.0470. The molecule has 188 valence electrons. The lowest BCUT2D eigenvalue weighted by molar-refractivity contribution is -0.116. The molecule has 1 aliphatic heterocycles. The van der Waals surface area contributed by atoms with Crippen LogP contribution in [0.2, 0.25) is 0 Å². The maximum atomic E-state index is 12.9. The molecule has 1 aromatic carbocycles. The minimum Gasteiger partial charge on any atom is -0.352 e. The van der Waals surface area contributed by atoms with Gasteiger partial charge in [-0.15, -0.1) is 0 Å². The summed E-state index contributed by atoms with van der Waals surface area (Å²) in [5, 5.41) is 7.12. The zero-order valence-corrected chi connectivity index (χ0v) is 22.0. The highest BCUT2D eigenvalue weighted by Gasteiger charge is 2.41. The summed E-state index contributed by atoms with van der Waals surface area (Å²) in [6.45, 7) is 6.71. The van der Waals surface area contributed by atoms with Gasteiger partial charge in [0.15, 0.2) is 5.11 Å². The molecule has 4 aromatic rings. The van der Waals surface area contributed by atoms with E-state index in [1.54, 1.807) is 12.4 Å². The summed E-state index contributed by atoms with van der Waals surface area (Å²) in [7, 11) is 0. The number of hydrogen-bond donors (Lipinski definition) is 2. The summed E-state index contributed by atoms with van der Waals surface area (Å²) in [6.07, 6.45) is 5.75. The first-order valence-corrected chi connectivity index (χ1v) is 12.8. The number of hydrogen-bond acceptors (Lipinski definition) is 4. The van der Waals surface area contributed by atoms with Crippen molar-refractivity contribution < 1.29 is 4.79 Å². The highest BCUT2D eigenvalue weighted by Crippen LogP contribution is 2.41. The van der Waals surface area contributed by atoms with E-state index in [4.69, 9.17) is 12.2 Å². The maximum absolute atomic E-state index is 12.9. The summed E-state index contributed by atoms with van der Waals surface area (Å²) in [5.74, 6) is -0.0470. The average molecular weight is 511 g/mol. The highest BCUT2D eigenvalue weighted by molar-refractivity contribution is 7.80. The van der Waals surface area contributed by atoms with Crippen LogP contribution in [-0.4, -0.2) is 37.0 Å². The van der Waals surface area contributed by atoms with E-state index in [1.165, 1.54) is 0 Å². The smallest absolute Gasteiger partial charge is 0.226 e. The van der Waals surface area contributed by atoms with Crippen molar-refractivity contribution in [3.63, 3.8) is 0 Å². The second kappa shape index (κ2) is 10.5. The summed E-state index contributed by atoms with van der Waals surface area (Å²) >= 11 is 5.81. The van der Waals surface area contributed by atoms with Crippen molar-refractivity contribution in [2.75, 3.05) is 11.9 Å². The van der Waals surface area contributed by atoms with E-state index in [2.05, 4.69) is 56.0 Å². The number of nitrogens with zero attached hydrogens (tertiary/aromatic N) is 4. The fourth-order valence-corrected chi connectivity index (χ4v) is 5.46. The minimum atomic E-state index is -0.142. The first kappa shape index (κ1) is 24.6. The van der Waals surface area contributed by atoms with Crippen LogP contribution in [0.1, 0.15) is 46.7 Å². The molecule has 3 aromatic heterocycles. The Morgan fingerprint density at radius 2 is 1.92 bits per heavy atom. The Hall–Kier alpha value is -4.04. The Bertz CT molecular complexity index is 1420. The van der Waals surface area contributed by atoms with Crippen LogP contribution < -0.4 is 10.6 Å². The van der Waals surface area contributed by atoms with Gasteiger partial charge in [-0.2, -0.15) is 0 Å². The lowest BCUT2D eigenvalue weighted by Gasteiger charge is -2.28. The van der Waals surface area contributed by atoms with Gasteiger partial charge < -0.3 is 20.1 Å². The van der Waals surface area contributed by atoms with Crippen LogP contribution in [0.3, 0.4) is 0 Å². The molecule has 0 aliphatic carbocycles. The van der Waals surface area contributed by atoms with Crippen molar-refractivity contribution in [3.8, 4) is 5.69 Å². The van der Waals surface area contributed by atoms with E-state index in [-0.39, 0.29) is 18.0 Å². The third kappa shape index (κ3) is 5.11. The van der Waals surface area contributed by atoms with Crippen LogP contribution in [0.15, 0.2) is 79.3 Å². The number of pyridine rings is 2. The fourth-order valence-electron chi connectivity index (χ4n) is 5.12. The quantitative estimate of drug-likeness (QED) is 0.333. The summed E-state index contributed by atoms with van der Waals surface area (Å²) < 4.78 is 2.21. The Morgan fingerprint density at radius 1 is 1.05 bits per heavy atom. The van der Waals surface area contributed by atoms with Gasteiger partial charge in [0, 0.05) is 42.4 Å². The molecule has 7 nitrogen and oxygen atoms in total. The number of aryl methyl sites for hydroxylation is 2. The van der Waals surface area contributed by atoms with Gasteiger partial charge in [-0.3, -0.25) is 14.8 Å². The Morgan fingerprint density at radius 3 is 2.65 bits per heavy atom. The standard InChI is InChI=1S/C29H30N6OS/c1-19-8-6-9-22(16-19)32-26(36)12-15-34-28(27(33-29(34)37)25-11-4-5-14-31-25)24-17-20(2)35(21(24)3)23-10-7-13-30-18-23/h4-11,13-14,16-18,27-28H,12,15H2,1-3H3,(H,32,36)(H,33,37)/t27-,28-/m0/s1. The Balaban J connectivity index is 1.46. The SMILES string of the molecule is Cc1cccc(NC(=O)CCN2C(=S)N[C@@H](c3ccccn3)[C@@H]2c2cc(C)n(-c3cccnc3)c2C)c1. The molecule has 0 spiro atoms. The molecule has 0 radical (unpaired) electrons. The van der Waals surface area contributed by atoms with Crippen LogP contribution in [0.25, 0.3) is 5.69 Å². The van der Waals surface area contributed by atoms with Crippen LogP contribution >= 0.6 is 12.2 Å². The lowest BCUT2D eigenvalue weighted by Crippen LogP contribution is -2.32. The molecule has 8 heteroatoms. The number of amides is 1. The van der Waals surface area contributed by atoms with Crippen LogP contribution in [-0.2, 0) is 4.79 Å². The van der Waals surface area contributed by atoms with E-state index in [0.29, 0.717) is 18.1 Å². The van der Waals surface area contributed by atoms with Crippen LogP contribution in [0.4, 0.5) is 5.69 Å². The number of carbonyl (C=O) groups is 1. The van der Waals surface area contributed by atoms with Gasteiger partial charge in [-0.05, 0) is 86.6 Å². The summed E-state index contributed by atoms with van der Waals surface area (Å²) in [4.78, 5) is 23.9. The van der Waals surface area contributed by atoms with Crippen molar-refractivity contribution in [1.29, 1.82) is 0 Å². The molecule has 4 heterocycles. The fraction of sp³-hybridized carbons (Fsp3) is 0.241. The van der Waals surface area contributed by atoms with E-state index >= 15 is 0 Å². The Labute approximate surface area is 222 Å². The van der Waals surface area contributed by atoms with Crippen molar-refractivity contribution >= 4 is 28.9 Å². The van der Waals surface area contributed by atoms with Gasteiger partial charge in [0.1, 0.15) is 0 Å². The zero-order chi connectivity index (χ0) is 25.9. The molecule has 1 saturated heterocycles. The monoisotopic (exact) mass is 510 g/mol. The molecule has 1 amide bonds. The van der Waals surface area contributed by atoms with E-state index in [9.17, 15) is 4.79 Å². The van der Waals surface area contributed by atoms with Gasteiger partial charge in [-0.25, -0.2) is 0 Å². The number of thiocarbonyl (C=S) groups is 1. The van der Waals surface area contributed by atoms with Gasteiger partial charge in [0.25, 0.3) is 0 Å². The zero-order valence-electron chi connectivity index (χ0n) is 21.2. The van der Waals surface area contributed by atoms with Crippen LogP contribution in [0.5, 0.6) is 0 Å². The largest absolute Gasteiger partial charge is 0.352 e. The average Bonchev–Trinajstić information content (AvgIpc) is 3.38. The van der Waals surface area contributed by atoms with Crippen LogP contribution in [0, 0.1) is 20.8 Å². The third-order valence-electron chi connectivity index (χ3n) is 6.77. The molecular weight excluding hydrogens is 480 g/mol. The second-order valence-corrected chi connectivity index (χ2v) is 9.75. The molecule has 2 N–H and O–H groups in total. The molecule has 1 fully saturated rings. The molecule has 1 aliphatic rings. The predicted molar refractivity (Wildman–Crippen MR) is 150 cm³/mol. The molecule has 0 saturated carbocycles. The topological polar surface area (TPSA) is 75.1 Å². The number of rotatable bonds is 7. The molecule has 0 unspecified atom stereocenters. The predicted octanol–water partition coefficient (Wildman–Crippen LogP) is 5.19. The maximum Gasteiger partial charge on any atom is 0.226 e. The first-order chi connectivity index (χ1) is 17.9. The lowest BCUT2D eigenvalue weighted by atomic mass is 9.96.